The Bertz CT molecular complexity index is 1130. The van der Waals surface area contributed by atoms with Crippen LogP contribution in [0.2, 0.25) is 0 Å². The number of hydrogen-bond acceptors (Lipinski definition) is 8. The van der Waals surface area contributed by atoms with Gasteiger partial charge in [0.1, 0.15) is 11.4 Å². The first-order valence-corrected chi connectivity index (χ1v) is 8.88. The Balaban J connectivity index is 2.11. The van der Waals surface area contributed by atoms with E-state index in [9.17, 15) is 14.9 Å². The molecule has 0 unspecified atom stereocenters. The predicted octanol–water partition coefficient (Wildman–Crippen LogP) is 2.99. The summed E-state index contributed by atoms with van der Waals surface area (Å²) >= 11 is 0.996. The van der Waals surface area contributed by atoms with Crippen molar-refractivity contribution in [2.24, 2.45) is 10.2 Å². The van der Waals surface area contributed by atoms with Crippen LogP contribution in [-0.4, -0.2) is 33.8 Å². The van der Waals surface area contributed by atoms with Gasteiger partial charge in [0.25, 0.3) is 5.69 Å². The summed E-state index contributed by atoms with van der Waals surface area (Å²) in [6, 6.07) is 13.3. The predicted molar refractivity (Wildman–Crippen MR) is 104 cm³/mol. The molecule has 0 bridgehead atoms. The molecule has 10 heteroatoms. The molecule has 1 heterocycles. The lowest BCUT2D eigenvalue weighted by Crippen LogP contribution is -2.15. The van der Waals surface area contributed by atoms with Crippen LogP contribution in [-0.2, 0) is 0 Å². The minimum absolute atomic E-state index is 0.155. The summed E-state index contributed by atoms with van der Waals surface area (Å²) in [6.45, 7) is 1.37. The topological polar surface area (TPSA) is 112 Å². The monoisotopic (exact) mass is 397 g/mol. The summed E-state index contributed by atoms with van der Waals surface area (Å²) in [5, 5.41) is 23.8. The van der Waals surface area contributed by atoms with E-state index >= 15 is 0 Å². The Morgan fingerprint density at radius 1 is 1.25 bits per heavy atom. The molecular weight excluding hydrogens is 382 g/mol. The maximum absolute atomic E-state index is 11.7. The normalized spacial score (nSPS) is 11.7. The molecule has 0 amide bonds. The number of ketones is 1. The van der Waals surface area contributed by atoms with Crippen LogP contribution in [0.1, 0.15) is 22.3 Å². The van der Waals surface area contributed by atoms with E-state index in [1.807, 2.05) is 18.2 Å². The SMILES string of the molecule is COc1ccccc1C=NN=c1sc(C(C)=O)nn1-c1ccccc1[N+](=O)[O-]. The summed E-state index contributed by atoms with van der Waals surface area (Å²) in [7, 11) is 1.55. The van der Waals surface area contributed by atoms with Crippen molar-refractivity contribution in [1.29, 1.82) is 0 Å². The molecule has 0 aliphatic rings. The fraction of sp³-hybridized carbons (Fsp3) is 0.111. The zero-order valence-electron chi connectivity index (χ0n) is 15.0. The molecular formula is C18H15N5O4S. The minimum atomic E-state index is -0.517. The highest BCUT2D eigenvalue weighted by molar-refractivity contribution is 7.10. The maximum Gasteiger partial charge on any atom is 0.294 e. The third-order valence-electron chi connectivity index (χ3n) is 3.65. The van der Waals surface area contributed by atoms with E-state index in [-0.39, 0.29) is 27.0 Å². The van der Waals surface area contributed by atoms with Crippen LogP contribution in [0.5, 0.6) is 5.75 Å². The average molecular weight is 397 g/mol. The number of nitro groups is 1. The van der Waals surface area contributed by atoms with Gasteiger partial charge in [0.15, 0.2) is 10.8 Å². The number of carbonyl (C=O) groups excluding carboxylic acids is 1. The standard InChI is InChI=1S/C18H15N5O4S/c1-12(24)17-21-22(14-8-4-5-9-15(14)23(25)26)18(28-17)20-19-11-13-7-3-6-10-16(13)27-2/h3-11H,1-2H3. The number of hydrogen-bond donors (Lipinski definition) is 0. The number of Topliss-reactive ketones (excluding diaryl/α,β-unsaturated/α-hetero) is 1. The molecule has 0 fully saturated rings. The Kier molecular flexibility index (Phi) is 5.70. The lowest BCUT2D eigenvalue weighted by atomic mass is 10.2. The molecule has 0 saturated heterocycles. The highest BCUT2D eigenvalue weighted by atomic mass is 32.1. The van der Waals surface area contributed by atoms with Gasteiger partial charge in [0, 0.05) is 18.6 Å². The molecule has 142 valence electrons. The van der Waals surface area contributed by atoms with E-state index in [1.165, 1.54) is 30.0 Å². The molecule has 0 aliphatic heterocycles. The van der Waals surface area contributed by atoms with E-state index in [4.69, 9.17) is 4.74 Å². The second-order valence-corrected chi connectivity index (χ2v) is 6.45. The zero-order valence-corrected chi connectivity index (χ0v) is 15.8. The first-order valence-electron chi connectivity index (χ1n) is 8.06. The van der Waals surface area contributed by atoms with Gasteiger partial charge in [0.2, 0.25) is 4.80 Å². The second kappa shape index (κ2) is 8.35. The van der Waals surface area contributed by atoms with E-state index < -0.39 is 4.92 Å². The van der Waals surface area contributed by atoms with Crippen LogP contribution in [0.3, 0.4) is 0 Å². The van der Waals surface area contributed by atoms with Crippen LogP contribution in [0.25, 0.3) is 5.69 Å². The van der Waals surface area contributed by atoms with E-state index in [0.29, 0.717) is 11.3 Å². The molecule has 3 aromatic rings. The Morgan fingerprint density at radius 2 is 1.96 bits per heavy atom. The lowest BCUT2D eigenvalue weighted by molar-refractivity contribution is -0.384. The van der Waals surface area contributed by atoms with Gasteiger partial charge in [-0.15, -0.1) is 5.10 Å². The van der Waals surface area contributed by atoms with Gasteiger partial charge in [-0.2, -0.15) is 14.9 Å². The van der Waals surface area contributed by atoms with Crippen molar-refractivity contribution in [3.63, 3.8) is 0 Å². The van der Waals surface area contributed by atoms with E-state index in [1.54, 1.807) is 25.3 Å². The number of nitro benzene ring substituents is 1. The van der Waals surface area contributed by atoms with Crippen molar-refractivity contribution in [2.45, 2.75) is 6.92 Å². The van der Waals surface area contributed by atoms with Crippen molar-refractivity contribution in [3.8, 4) is 11.4 Å². The van der Waals surface area contributed by atoms with Crippen LogP contribution in [0.15, 0.2) is 58.7 Å². The Morgan fingerprint density at radius 3 is 2.68 bits per heavy atom. The van der Waals surface area contributed by atoms with Crippen molar-refractivity contribution in [2.75, 3.05) is 7.11 Å². The minimum Gasteiger partial charge on any atom is -0.496 e. The van der Waals surface area contributed by atoms with Gasteiger partial charge in [0.05, 0.1) is 18.2 Å². The summed E-state index contributed by atoms with van der Waals surface area (Å²) in [6.07, 6.45) is 1.50. The molecule has 28 heavy (non-hydrogen) atoms. The van der Waals surface area contributed by atoms with Gasteiger partial charge in [-0.25, -0.2) is 0 Å². The highest BCUT2D eigenvalue weighted by Gasteiger charge is 2.19. The molecule has 0 saturated carbocycles. The zero-order chi connectivity index (χ0) is 20.1. The van der Waals surface area contributed by atoms with Gasteiger partial charge in [-0.3, -0.25) is 14.9 Å². The van der Waals surface area contributed by atoms with Crippen LogP contribution >= 0.6 is 11.3 Å². The molecule has 2 aromatic carbocycles. The van der Waals surface area contributed by atoms with Crippen molar-refractivity contribution >= 4 is 29.0 Å². The second-order valence-electron chi connectivity index (χ2n) is 5.49. The molecule has 1 aromatic heterocycles. The number of nitrogens with zero attached hydrogens (tertiary/aromatic N) is 5. The third-order valence-corrected chi connectivity index (χ3v) is 4.65. The van der Waals surface area contributed by atoms with Gasteiger partial charge >= 0.3 is 0 Å². The molecule has 0 radical (unpaired) electrons. The summed E-state index contributed by atoms with van der Waals surface area (Å²) in [5.74, 6) is 0.356. The third kappa shape index (κ3) is 4.01. The first-order chi connectivity index (χ1) is 13.5. The van der Waals surface area contributed by atoms with Crippen molar-refractivity contribution in [1.82, 2.24) is 9.78 Å². The summed E-state index contributed by atoms with van der Waals surface area (Å²) in [5.41, 5.74) is 0.753. The van der Waals surface area contributed by atoms with Gasteiger partial charge in [-0.05, 0) is 18.2 Å². The van der Waals surface area contributed by atoms with Crippen molar-refractivity contribution < 1.29 is 14.5 Å². The molecule has 0 N–H and O–H groups in total. The fourth-order valence-electron chi connectivity index (χ4n) is 2.36. The van der Waals surface area contributed by atoms with Crippen molar-refractivity contribution in [3.05, 3.63) is 74.0 Å². The Labute approximate surface area is 163 Å². The lowest BCUT2D eigenvalue weighted by Gasteiger charge is -2.02. The Hall–Kier alpha value is -3.66. The van der Waals surface area contributed by atoms with E-state index in [2.05, 4.69) is 15.3 Å². The summed E-state index contributed by atoms with van der Waals surface area (Å²) in [4.78, 5) is 22.8. The first kappa shape index (κ1) is 19.1. The average Bonchev–Trinajstić information content (AvgIpc) is 3.12. The number of para-hydroxylation sites is 3. The van der Waals surface area contributed by atoms with Gasteiger partial charge in [-0.1, -0.05) is 35.6 Å². The molecule has 0 spiro atoms. The van der Waals surface area contributed by atoms with Crippen LogP contribution < -0.4 is 9.54 Å². The quantitative estimate of drug-likeness (QED) is 0.275. The number of methoxy groups -OCH3 is 1. The number of rotatable bonds is 6. The number of benzene rings is 2. The molecule has 9 nitrogen and oxygen atoms in total. The molecule has 3 rings (SSSR count). The number of ether oxygens (including phenoxy) is 1. The molecule has 0 aliphatic carbocycles. The van der Waals surface area contributed by atoms with Gasteiger partial charge < -0.3 is 4.74 Å². The fourth-order valence-corrected chi connectivity index (χ4v) is 3.11. The smallest absolute Gasteiger partial charge is 0.294 e. The number of carbonyl (C=O) groups is 1. The van der Waals surface area contributed by atoms with Crippen LogP contribution in [0, 0.1) is 10.1 Å². The molecule has 0 atom stereocenters. The summed E-state index contributed by atoms with van der Waals surface area (Å²) < 4.78 is 6.50. The largest absolute Gasteiger partial charge is 0.496 e. The maximum atomic E-state index is 11.7. The van der Waals surface area contributed by atoms with Crippen LogP contribution in [0.4, 0.5) is 5.69 Å². The highest BCUT2D eigenvalue weighted by Crippen LogP contribution is 2.21. The number of aromatic nitrogens is 2. The van der Waals surface area contributed by atoms with E-state index in [0.717, 1.165) is 11.3 Å².